The van der Waals surface area contributed by atoms with E-state index in [-0.39, 0.29) is 11.8 Å². The number of hydrogen-bond donors (Lipinski definition) is 3. The van der Waals surface area contributed by atoms with Crippen molar-refractivity contribution >= 4 is 46.3 Å². The molecule has 0 atom stereocenters. The third-order valence-electron chi connectivity index (χ3n) is 4.36. The zero-order chi connectivity index (χ0) is 23.8. The zero-order valence-electron chi connectivity index (χ0n) is 17.6. The standard InChI is InChI=1S/C15H11FN4OS.C8H7N3S/c16-12-1-3-13(4-2-12)19-15(21)20-14-17-7-11(8-18-14)10-5-6-22-9-10;9-8-10-3-7(4-11-8)6-1-2-12-5-6/h1-9H,(H2,17,18,19,20,21);1-5H,(H2,9,10,11). The Kier molecular flexibility index (Phi) is 7.48. The first-order chi connectivity index (χ1) is 16.6. The van der Waals surface area contributed by atoms with Gasteiger partial charge in [0.2, 0.25) is 11.9 Å². The van der Waals surface area contributed by atoms with Gasteiger partial charge >= 0.3 is 6.03 Å². The lowest BCUT2D eigenvalue weighted by Gasteiger charge is -2.06. The molecule has 1 aromatic carbocycles. The summed E-state index contributed by atoms with van der Waals surface area (Å²) in [6.45, 7) is 0. The Morgan fingerprint density at radius 2 is 1.26 bits per heavy atom. The van der Waals surface area contributed by atoms with Gasteiger partial charge in [-0.1, -0.05) is 0 Å². The van der Waals surface area contributed by atoms with Crippen LogP contribution in [0.15, 0.2) is 82.7 Å². The Morgan fingerprint density at radius 3 is 1.76 bits per heavy atom. The fourth-order valence-corrected chi connectivity index (χ4v) is 4.01. The van der Waals surface area contributed by atoms with Crippen LogP contribution in [0.2, 0.25) is 0 Å². The number of thiophene rings is 2. The molecule has 4 aromatic heterocycles. The van der Waals surface area contributed by atoms with Crippen LogP contribution in [0.5, 0.6) is 0 Å². The molecule has 0 aliphatic carbocycles. The second-order valence-electron chi connectivity index (χ2n) is 6.74. The molecule has 0 radical (unpaired) electrons. The number of nitrogens with two attached hydrogens (primary N) is 1. The maximum absolute atomic E-state index is 12.8. The Morgan fingerprint density at radius 1 is 0.735 bits per heavy atom. The number of aromatic nitrogens is 4. The van der Waals surface area contributed by atoms with Crippen LogP contribution in [-0.2, 0) is 0 Å². The topological polar surface area (TPSA) is 119 Å². The van der Waals surface area contributed by atoms with Crippen LogP contribution >= 0.6 is 22.7 Å². The highest BCUT2D eigenvalue weighted by molar-refractivity contribution is 7.08. The van der Waals surface area contributed by atoms with E-state index in [2.05, 4.69) is 35.9 Å². The van der Waals surface area contributed by atoms with E-state index in [0.29, 0.717) is 11.6 Å². The monoisotopic (exact) mass is 491 g/mol. The molecule has 0 saturated carbocycles. The summed E-state index contributed by atoms with van der Waals surface area (Å²) in [7, 11) is 0. The maximum Gasteiger partial charge on any atom is 0.326 e. The number of halogens is 1. The number of rotatable bonds is 4. The lowest BCUT2D eigenvalue weighted by molar-refractivity contribution is 0.262. The number of nitrogens with one attached hydrogen (secondary N) is 2. The maximum atomic E-state index is 12.8. The molecule has 0 spiro atoms. The Labute approximate surface area is 202 Å². The van der Waals surface area contributed by atoms with E-state index >= 15 is 0 Å². The number of amides is 2. The molecule has 0 fully saturated rings. The fourth-order valence-electron chi connectivity index (χ4n) is 2.68. The lowest BCUT2D eigenvalue weighted by Crippen LogP contribution is -2.20. The number of nitrogens with zero attached hydrogens (tertiary/aromatic N) is 4. The number of nitrogen functional groups attached to an aromatic ring is 1. The molecule has 8 nitrogen and oxygen atoms in total. The Hall–Kier alpha value is -4.22. The molecule has 34 heavy (non-hydrogen) atoms. The van der Waals surface area contributed by atoms with Crippen LogP contribution in [0.25, 0.3) is 22.3 Å². The number of anilines is 3. The number of benzene rings is 1. The number of hydrogen-bond acceptors (Lipinski definition) is 8. The van der Waals surface area contributed by atoms with Gasteiger partial charge in [-0.25, -0.2) is 29.1 Å². The van der Waals surface area contributed by atoms with Crippen molar-refractivity contribution in [1.82, 2.24) is 19.9 Å². The molecule has 5 rings (SSSR count). The number of carbonyl (C=O) groups is 1. The molecule has 2 amide bonds. The lowest BCUT2D eigenvalue weighted by atomic mass is 10.2. The van der Waals surface area contributed by atoms with Crippen molar-refractivity contribution in [2.45, 2.75) is 0 Å². The molecule has 11 heteroatoms. The van der Waals surface area contributed by atoms with Gasteiger partial charge in [-0.05, 0) is 69.0 Å². The van der Waals surface area contributed by atoms with Crippen molar-refractivity contribution in [2.75, 3.05) is 16.4 Å². The molecule has 4 N–H and O–H groups in total. The summed E-state index contributed by atoms with van der Waals surface area (Å²) in [4.78, 5) is 27.8. The van der Waals surface area contributed by atoms with Gasteiger partial charge in [-0.3, -0.25) is 5.32 Å². The first-order valence-electron chi connectivity index (χ1n) is 9.85. The van der Waals surface area contributed by atoms with Gasteiger partial charge in [0.05, 0.1) is 0 Å². The van der Waals surface area contributed by atoms with Gasteiger partial charge in [-0.15, -0.1) is 0 Å². The van der Waals surface area contributed by atoms with Gasteiger partial charge in [0, 0.05) is 41.6 Å². The molecule has 4 heterocycles. The van der Waals surface area contributed by atoms with E-state index in [0.717, 1.165) is 22.3 Å². The number of carbonyl (C=O) groups excluding carboxylic acids is 1. The summed E-state index contributed by atoms with van der Waals surface area (Å²) in [5, 5.41) is 13.1. The van der Waals surface area contributed by atoms with E-state index in [1.54, 1.807) is 47.5 Å². The predicted octanol–water partition coefficient (Wildman–Crippen LogP) is 5.78. The SMILES string of the molecule is Nc1ncc(-c2ccsc2)cn1.O=C(Nc1ccc(F)cc1)Nc1ncc(-c2ccsc2)cn1. The third kappa shape index (κ3) is 6.40. The first-order valence-corrected chi connectivity index (χ1v) is 11.7. The van der Waals surface area contributed by atoms with E-state index in [9.17, 15) is 9.18 Å². The molecule has 0 aliphatic heterocycles. The Balaban J connectivity index is 0.000000192. The van der Waals surface area contributed by atoms with Crippen LogP contribution in [0.4, 0.5) is 26.8 Å². The van der Waals surface area contributed by atoms with E-state index < -0.39 is 6.03 Å². The quantitative estimate of drug-likeness (QED) is 0.293. The van der Waals surface area contributed by atoms with Crippen LogP contribution in [-0.4, -0.2) is 26.0 Å². The third-order valence-corrected chi connectivity index (χ3v) is 5.73. The smallest absolute Gasteiger partial charge is 0.326 e. The summed E-state index contributed by atoms with van der Waals surface area (Å²) in [6.07, 6.45) is 6.74. The molecule has 170 valence electrons. The summed E-state index contributed by atoms with van der Waals surface area (Å²) >= 11 is 3.24. The van der Waals surface area contributed by atoms with Gasteiger partial charge in [0.1, 0.15) is 5.82 Å². The molecule has 5 aromatic rings. The summed E-state index contributed by atoms with van der Waals surface area (Å²) in [5.74, 6) is 0.144. The van der Waals surface area contributed by atoms with Crippen LogP contribution in [0.1, 0.15) is 0 Å². The van der Waals surface area contributed by atoms with Crippen molar-refractivity contribution in [3.63, 3.8) is 0 Å². The first kappa shape index (κ1) is 23.0. The molecule has 0 bridgehead atoms. The predicted molar refractivity (Wildman–Crippen MR) is 134 cm³/mol. The minimum atomic E-state index is -0.491. The molecule has 0 saturated heterocycles. The van der Waals surface area contributed by atoms with Crippen LogP contribution < -0.4 is 16.4 Å². The van der Waals surface area contributed by atoms with Crippen molar-refractivity contribution in [3.8, 4) is 22.3 Å². The minimum absolute atomic E-state index is 0.193. The highest BCUT2D eigenvalue weighted by atomic mass is 32.1. The van der Waals surface area contributed by atoms with Gasteiger partial charge in [0.15, 0.2) is 0 Å². The van der Waals surface area contributed by atoms with Crippen LogP contribution in [0, 0.1) is 5.82 Å². The summed E-state index contributed by atoms with van der Waals surface area (Å²) in [6, 6.07) is 8.97. The van der Waals surface area contributed by atoms with Crippen molar-refractivity contribution in [2.24, 2.45) is 0 Å². The van der Waals surface area contributed by atoms with Crippen molar-refractivity contribution in [1.29, 1.82) is 0 Å². The van der Waals surface area contributed by atoms with Crippen molar-refractivity contribution < 1.29 is 9.18 Å². The largest absolute Gasteiger partial charge is 0.368 e. The Bertz CT molecular complexity index is 1310. The molecule has 0 aliphatic rings. The average molecular weight is 492 g/mol. The average Bonchev–Trinajstić information content (AvgIpc) is 3.57. The minimum Gasteiger partial charge on any atom is -0.368 e. The highest BCUT2D eigenvalue weighted by Crippen LogP contribution is 2.21. The van der Waals surface area contributed by atoms with Crippen LogP contribution in [0.3, 0.4) is 0 Å². The molecular weight excluding hydrogens is 473 g/mol. The second kappa shape index (κ2) is 11.1. The highest BCUT2D eigenvalue weighted by Gasteiger charge is 2.06. The fraction of sp³-hybridized carbons (Fsp3) is 0. The van der Waals surface area contributed by atoms with Gasteiger partial charge < -0.3 is 11.1 Å². The summed E-state index contributed by atoms with van der Waals surface area (Å²) in [5.41, 5.74) is 9.90. The molecule has 0 unspecified atom stereocenters. The van der Waals surface area contributed by atoms with E-state index in [1.165, 1.54) is 24.3 Å². The van der Waals surface area contributed by atoms with Crippen molar-refractivity contribution in [3.05, 3.63) is 88.5 Å². The normalized spacial score (nSPS) is 10.1. The molecular formula is C23H18FN7OS2. The summed E-state index contributed by atoms with van der Waals surface area (Å²) < 4.78 is 12.8. The van der Waals surface area contributed by atoms with Gasteiger partial charge in [0.25, 0.3) is 0 Å². The van der Waals surface area contributed by atoms with Gasteiger partial charge in [-0.2, -0.15) is 22.7 Å². The van der Waals surface area contributed by atoms with E-state index in [4.69, 9.17) is 5.73 Å². The van der Waals surface area contributed by atoms with E-state index in [1.807, 2.05) is 28.3 Å². The number of urea groups is 1. The zero-order valence-corrected chi connectivity index (χ0v) is 19.2. The second-order valence-corrected chi connectivity index (χ2v) is 8.30.